The standard InChI is InChI=1S/C9H22N2/c1-3-9(8-11-2)6-4-5-7-10/h9,11H,3-8,10H2,1-2H3. The summed E-state index contributed by atoms with van der Waals surface area (Å²) < 4.78 is 0. The predicted molar refractivity (Wildman–Crippen MR) is 50.6 cm³/mol. The largest absolute Gasteiger partial charge is 0.330 e. The fourth-order valence-electron chi connectivity index (χ4n) is 1.32. The Morgan fingerprint density at radius 3 is 2.55 bits per heavy atom. The third kappa shape index (κ3) is 6.32. The monoisotopic (exact) mass is 158 g/mol. The zero-order chi connectivity index (χ0) is 8.53. The van der Waals surface area contributed by atoms with Gasteiger partial charge in [0.1, 0.15) is 0 Å². The van der Waals surface area contributed by atoms with E-state index in [1.54, 1.807) is 0 Å². The van der Waals surface area contributed by atoms with Crippen molar-refractivity contribution in [1.82, 2.24) is 5.32 Å². The first kappa shape index (κ1) is 10.9. The number of rotatable bonds is 7. The fourth-order valence-corrected chi connectivity index (χ4v) is 1.32. The van der Waals surface area contributed by atoms with Gasteiger partial charge < -0.3 is 11.1 Å². The van der Waals surface area contributed by atoms with Crippen LogP contribution < -0.4 is 11.1 Å². The van der Waals surface area contributed by atoms with E-state index in [4.69, 9.17) is 5.73 Å². The summed E-state index contributed by atoms with van der Waals surface area (Å²) in [6.45, 7) is 4.25. The summed E-state index contributed by atoms with van der Waals surface area (Å²) in [6, 6.07) is 0. The summed E-state index contributed by atoms with van der Waals surface area (Å²) >= 11 is 0. The van der Waals surface area contributed by atoms with Gasteiger partial charge in [-0.25, -0.2) is 0 Å². The van der Waals surface area contributed by atoms with E-state index in [-0.39, 0.29) is 0 Å². The molecule has 0 aromatic rings. The Morgan fingerprint density at radius 2 is 2.09 bits per heavy atom. The summed E-state index contributed by atoms with van der Waals surface area (Å²) in [5, 5.41) is 3.21. The maximum atomic E-state index is 5.41. The Hall–Kier alpha value is -0.0800. The molecule has 0 aromatic heterocycles. The van der Waals surface area contributed by atoms with Crippen LogP contribution in [0.4, 0.5) is 0 Å². The van der Waals surface area contributed by atoms with Crippen molar-refractivity contribution in [3.05, 3.63) is 0 Å². The molecule has 0 rings (SSSR count). The highest BCUT2D eigenvalue weighted by atomic mass is 14.8. The topological polar surface area (TPSA) is 38.0 Å². The van der Waals surface area contributed by atoms with Crippen LogP contribution in [0.1, 0.15) is 32.6 Å². The van der Waals surface area contributed by atoms with Crippen molar-refractivity contribution in [3.8, 4) is 0 Å². The molecule has 0 amide bonds. The van der Waals surface area contributed by atoms with E-state index in [9.17, 15) is 0 Å². The summed E-state index contributed by atoms with van der Waals surface area (Å²) in [7, 11) is 2.02. The van der Waals surface area contributed by atoms with Gasteiger partial charge >= 0.3 is 0 Å². The van der Waals surface area contributed by atoms with Crippen molar-refractivity contribution in [2.45, 2.75) is 32.6 Å². The number of nitrogens with two attached hydrogens (primary N) is 1. The molecule has 2 nitrogen and oxygen atoms in total. The van der Waals surface area contributed by atoms with Gasteiger partial charge in [0, 0.05) is 0 Å². The SMILES string of the molecule is CCC(CCCCN)CNC. The molecule has 0 radical (unpaired) electrons. The van der Waals surface area contributed by atoms with E-state index in [0.29, 0.717) is 0 Å². The van der Waals surface area contributed by atoms with Crippen LogP contribution in [-0.4, -0.2) is 20.1 Å². The van der Waals surface area contributed by atoms with E-state index >= 15 is 0 Å². The number of hydrogen-bond donors (Lipinski definition) is 2. The molecule has 0 aliphatic heterocycles. The molecule has 0 saturated carbocycles. The van der Waals surface area contributed by atoms with Crippen LogP contribution >= 0.6 is 0 Å². The van der Waals surface area contributed by atoms with Gasteiger partial charge in [-0.05, 0) is 38.9 Å². The molecule has 0 aliphatic carbocycles. The lowest BCUT2D eigenvalue weighted by molar-refractivity contribution is 0.431. The molecule has 1 atom stereocenters. The highest BCUT2D eigenvalue weighted by Gasteiger charge is 2.02. The lowest BCUT2D eigenvalue weighted by atomic mass is 9.99. The minimum Gasteiger partial charge on any atom is -0.330 e. The summed E-state index contributed by atoms with van der Waals surface area (Å²) in [6.07, 6.45) is 5.08. The van der Waals surface area contributed by atoms with Gasteiger partial charge in [-0.1, -0.05) is 19.8 Å². The van der Waals surface area contributed by atoms with E-state index in [2.05, 4.69) is 12.2 Å². The highest BCUT2D eigenvalue weighted by Crippen LogP contribution is 2.10. The van der Waals surface area contributed by atoms with E-state index in [1.807, 2.05) is 7.05 Å². The molecule has 0 bridgehead atoms. The second-order valence-electron chi connectivity index (χ2n) is 3.12. The third-order valence-electron chi connectivity index (χ3n) is 2.14. The van der Waals surface area contributed by atoms with Crippen molar-refractivity contribution < 1.29 is 0 Å². The second kappa shape index (κ2) is 8.02. The first-order valence-electron chi connectivity index (χ1n) is 4.69. The summed E-state index contributed by atoms with van der Waals surface area (Å²) in [4.78, 5) is 0. The van der Waals surface area contributed by atoms with Crippen molar-refractivity contribution in [2.75, 3.05) is 20.1 Å². The third-order valence-corrected chi connectivity index (χ3v) is 2.14. The lowest BCUT2D eigenvalue weighted by Crippen LogP contribution is -2.18. The number of unbranched alkanes of at least 4 members (excludes halogenated alkanes) is 1. The quantitative estimate of drug-likeness (QED) is 0.549. The van der Waals surface area contributed by atoms with Crippen molar-refractivity contribution >= 4 is 0 Å². The predicted octanol–water partition coefficient (Wildman–Crippen LogP) is 1.36. The Morgan fingerprint density at radius 1 is 1.36 bits per heavy atom. The zero-order valence-corrected chi connectivity index (χ0v) is 7.90. The molecular formula is C9H22N2. The molecule has 0 aromatic carbocycles. The van der Waals surface area contributed by atoms with E-state index in [1.165, 1.54) is 25.7 Å². The summed E-state index contributed by atoms with van der Waals surface area (Å²) in [5.41, 5.74) is 5.41. The van der Waals surface area contributed by atoms with Gasteiger partial charge in [-0.3, -0.25) is 0 Å². The maximum absolute atomic E-state index is 5.41. The van der Waals surface area contributed by atoms with Crippen LogP contribution in [0, 0.1) is 5.92 Å². The molecule has 0 heterocycles. The molecular weight excluding hydrogens is 136 g/mol. The second-order valence-corrected chi connectivity index (χ2v) is 3.12. The Labute approximate surface area is 70.5 Å². The van der Waals surface area contributed by atoms with E-state index in [0.717, 1.165) is 19.0 Å². The van der Waals surface area contributed by atoms with Crippen molar-refractivity contribution in [1.29, 1.82) is 0 Å². The van der Waals surface area contributed by atoms with Gasteiger partial charge in [-0.2, -0.15) is 0 Å². The van der Waals surface area contributed by atoms with Crippen LogP contribution in [0.3, 0.4) is 0 Å². The fraction of sp³-hybridized carbons (Fsp3) is 1.00. The molecule has 1 unspecified atom stereocenters. The van der Waals surface area contributed by atoms with Crippen LogP contribution in [0.5, 0.6) is 0 Å². The Bertz CT molecular complexity index is 74.0. The molecule has 2 heteroatoms. The van der Waals surface area contributed by atoms with Crippen LogP contribution in [0.25, 0.3) is 0 Å². The molecule has 68 valence electrons. The van der Waals surface area contributed by atoms with E-state index < -0.39 is 0 Å². The van der Waals surface area contributed by atoms with Crippen molar-refractivity contribution in [2.24, 2.45) is 11.7 Å². The maximum Gasteiger partial charge on any atom is -0.00236 e. The lowest BCUT2D eigenvalue weighted by Gasteiger charge is -2.12. The normalized spacial score (nSPS) is 13.4. The van der Waals surface area contributed by atoms with Gasteiger partial charge in [0.15, 0.2) is 0 Å². The average molecular weight is 158 g/mol. The molecule has 0 fully saturated rings. The van der Waals surface area contributed by atoms with Gasteiger partial charge in [-0.15, -0.1) is 0 Å². The molecule has 11 heavy (non-hydrogen) atoms. The zero-order valence-electron chi connectivity index (χ0n) is 7.90. The average Bonchev–Trinajstić information content (AvgIpc) is 2.03. The van der Waals surface area contributed by atoms with Gasteiger partial charge in [0.05, 0.1) is 0 Å². The first-order valence-corrected chi connectivity index (χ1v) is 4.69. The smallest absolute Gasteiger partial charge is 0.00236 e. The molecule has 0 saturated heterocycles. The number of hydrogen-bond acceptors (Lipinski definition) is 2. The van der Waals surface area contributed by atoms with Crippen LogP contribution in [0.2, 0.25) is 0 Å². The van der Waals surface area contributed by atoms with Crippen LogP contribution in [0.15, 0.2) is 0 Å². The molecule has 0 spiro atoms. The Kier molecular flexibility index (Phi) is 7.96. The highest BCUT2D eigenvalue weighted by molar-refractivity contribution is 4.59. The minimum atomic E-state index is 0.843. The number of nitrogens with one attached hydrogen (secondary N) is 1. The summed E-state index contributed by atoms with van der Waals surface area (Å²) in [5.74, 6) is 0.853. The first-order chi connectivity index (χ1) is 5.35. The van der Waals surface area contributed by atoms with Gasteiger partial charge in [0.25, 0.3) is 0 Å². The minimum absolute atomic E-state index is 0.843. The molecule has 0 aliphatic rings. The molecule has 3 N–H and O–H groups in total. The van der Waals surface area contributed by atoms with Gasteiger partial charge in [0.2, 0.25) is 0 Å². The van der Waals surface area contributed by atoms with Crippen molar-refractivity contribution in [3.63, 3.8) is 0 Å². The van der Waals surface area contributed by atoms with Crippen LogP contribution in [-0.2, 0) is 0 Å². The Balaban J connectivity index is 3.20.